The lowest BCUT2D eigenvalue weighted by atomic mass is 10.1. The Morgan fingerprint density at radius 1 is 1.31 bits per heavy atom. The second-order valence-corrected chi connectivity index (χ2v) is 2.52. The maximum atomic E-state index is 4.15. The highest BCUT2D eigenvalue weighted by Crippen LogP contribution is 2.08. The van der Waals surface area contributed by atoms with E-state index in [1.807, 2.05) is 32.1 Å². The molecule has 0 aliphatic heterocycles. The van der Waals surface area contributed by atoms with Gasteiger partial charge >= 0.3 is 0 Å². The molecule has 1 heteroatoms. The molecule has 0 saturated heterocycles. The van der Waals surface area contributed by atoms with Gasteiger partial charge in [0.15, 0.2) is 0 Å². The second-order valence-electron chi connectivity index (χ2n) is 2.52. The van der Waals surface area contributed by atoms with E-state index in [1.54, 1.807) is 12.3 Å². The quantitative estimate of drug-likeness (QED) is 0.344. The zero-order chi connectivity index (χ0) is 10.1. The van der Waals surface area contributed by atoms with Crippen molar-refractivity contribution in [3.63, 3.8) is 0 Å². The average Bonchev–Trinajstić information content (AvgIpc) is 2.16. The summed E-state index contributed by atoms with van der Waals surface area (Å²) in [4.78, 5) is 4.15. The van der Waals surface area contributed by atoms with Gasteiger partial charge in [-0.15, -0.1) is 6.58 Å². The Morgan fingerprint density at radius 3 is 2.38 bits per heavy atom. The molecule has 0 radical (unpaired) electrons. The molecule has 1 nitrogen and oxygen atoms in total. The Bertz CT molecular complexity index is 244. The lowest BCUT2D eigenvalue weighted by Gasteiger charge is -2.00. The summed E-state index contributed by atoms with van der Waals surface area (Å²) >= 11 is 0. The fourth-order valence-electron chi connectivity index (χ4n) is 0.934. The molecule has 13 heavy (non-hydrogen) atoms. The maximum Gasteiger partial charge on any atom is 0.0588 e. The molecular formula is C12H17N. The van der Waals surface area contributed by atoms with Crippen LogP contribution < -0.4 is 0 Å². The summed E-state index contributed by atoms with van der Waals surface area (Å²) in [6.07, 6.45) is 11.4. The third-order valence-corrected chi connectivity index (χ3v) is 1.54. The van der Waals surface area contributed by atoms with E-state index in [0.29, 0.717) is 0 Å². The summed E-state index contributed by atoms with van der Waals surface area (Å²) in [6, 6.07) is 0. The van der Waals surface area contributed by atoms with Gasteiger partial charge in [0, 0.05) is 12.1 Å². The highest BCUT2D eigenvalue weighted by atomic mass is 14.7. The Morgan fingerprint density at radius 2 is 2.00 bits per heavy atom. The first-order chi connectivity index (χ1) is 6.28. The molecule has 0 aromatic heterocycles. The Labute approximate surface area is 80.9 Å². The van der Waals surface area contributed by atoms with Gasteiger partial charge in [0.1, 0.15) is 0 Å². The van der Waals surface area contributed by atoms with Crippen molar-refractivity contribution in [1.82, 2.24) is 0 Å². The van der Waals surface area contributed by atoms with Gasteiger partial charge in [-0.3, -0.25) is 4.99 Å². The third-order valence-electron chi connectivity index (χ3n) is 1.54. The van der Waals surface area contributed by atoms with Crippen molar-refractivity contribution in [2.75, 3.05) is 0 Å². The molecule has 0 aromatic carbocycles. The number of nitrogens with zero attached hydrogens (tertiary/aromatic N) is 1. The van der Waals surface area contributed by atoms with Crippen LogP contribution in [0.15, 0.2) is 54.2 Å². The molecular weight excluding hydrogens is 158 g/mol. The number of aliphatic imine (C=N–C) groups is 1. The van der Waals surface area contributed by atoms with Crippen molar-refractivity contribution in [3.8, 4) is 0 Å². The lowest BCUT2D eigenvalue weighted by Crippen LogP contribution is -1.86. The van der Waals surface area contributed by atoms with Crippen LogP contribution in [0.5, 0.6) is 0 Å². The minimum absolute atomic E-state index is 0.238. The fourth-order valence-corrected chi connectivity index (χ4v) is 0.934. The van der Waals surface area contributed by atoms with Gasteiger partial charge in [-0.25, -0.2) is 0 Å². The predicted molar refractivity (Wildman–Crippen MR) is 60.9 cm³/mol. The molecule has 0 aromatic rings. The van der Waals surface area contributed by atoms with E-state index in [-0.39, 0.29) is 5.92 Å². The fraction of sp³-hybridized carbons (Fsp3) is 0.250. The largest absolute Gasteiger partial charge is 0.262 e. The van der Waals surface area contributed by atoms with E-state index in [1.165, 1.54) is 0 Å². The van der Waals surface area contributed by atoms with Crippen LogP contribution in [-0.2, 0) is 0 Å². The van der Waals surface area contributed by atoms with Crippen LogP contribution in [0.4, 0.5) is 0 Å². The molecule has 0 amide bonds. The van der Waals surface area contributed by atoms with Crippen molar-refractivity contribution in [3.05, 3.63) is 49.2 Å². The normalized spacial score (nSPS) is 15.1. The molecule has 0 fully saturated rings. The van der Waals surface area contributed by atoms with Gasteiger partial charge in [-0.05, 0) is 26.0 Å². The van der Waals surface area contributed by atoms with E-state index >= 15 is 0 Å². The monoisotopic (exact) mass is 175 g/mol. The summed E-state index contributed by atoms with van der Waals surface area (Å²) in [5.41, 5.74) is 0.880. The summed E-state index contributed by atoms with van der Waals surface area (Å²) in [5.74, 6) is 0.238. The number of allylic oxidation sites excluding steroid dienone is 5. The highest BCUT2D eigenvalue weighted by Gasteiger charge is 1.94. The van der Waals surface area contributed by atoms with Gasteiger partial charge in [-0.1, -0.05) is 24.8 Å². The van der Waals surface area contributed by atoms with Gasteiger partial charge < -0.3 is 0 Å². The van der Waals surface area contributed by atoms with Crippen molar-refractivity contribution in [2.45, 2.75) is 13.8 Å². The highest BCUT2D eigenvalue weighted by molar-refractivity contribution is 5.56. The first-order valence-electron chi connectivity index (χ1n) is 4.36. The Balaban J connectivity index is 4.62. The van der Waals surface area contributed by atoms with Crippen molar-refractivity contribution >= 4 is 6.21 Å². The number of hydrogen-bond donors (Lipinski definition) is 0. The molecule has 0 rings (SSSR count). The van der Waals surface area contributed by atoms with Gasteiger partial charge in [0.2, 0.25) is 0 Å². The topological polar surface area (TPSA) is 12.4 Å². The molecule has 0 bridgehead atoms. The molecule has 0 aliphatic carbocycles. The van der Waals surface area contributed by atoms with E-state index < -0.39 is 0 Å². The predicted octanol–water partition coefficient (Wildman–Crippen LogP) is 3.53. The van der Waals surface area contributed by atoms with Crippen LogP contribution in [0.2, 0.25) is 0 Å². The third kappa shape index (κ3) is 4.96. The summed E-state index contributed by atoms with van der Waals surface area (Å²) in [6.45, 7) is 11.3. The first kappa shape index (κ1) is 11.6. The zero-order valence-electron chi connectivity index (χ0n) is 8.40. The van der Waals surface area contributed by atoms with Crippen LogP contribution in [0.1, 0.15) is 13.8 Å². The van der Waals surface area contributed by atoms with Crippen LogP contribution >= 0.6 is 0 Å². The van der Waals surface area contributed by atoms with Crippen LogP contribution in [0.3, 0.4) is 0 Å². The Hall–Kier alpha value is -1.37. The average molecular weight is 175 g/mol. The molecule has 0 spiro atoms. The van der Waals surface area contributed by atoms with Crippen LogP contribution in [0.25, 0.3) is 0 Å². The molecule has 0 aliphatic rings. The van der Waals surface area contributed by atoms with E-state index in [9.17, 15) is 0 Å². The van der Waals surface area contributed by atoms with E-state index in [2.05, 4.69) is 24.2 Å². The molecule has 70 valence electrons. The van der Waals surface area contributed by atoms with Crippen molar-refractivity contribution in [2.24, 2.45) is 10.9 Å². The SMILES string of the molecule is C=C/C(=C\C(C=C)/C=C\C)N=CC. The molecule has 0 N–H and O–H groups in total. The van der Waals surface area contributed by atoms with E-state index in [4.69, 9.17) is 0 Å². The van der Waals surface area contributed by atoms with E-state index in [0.717, 1.165) is 5.70 Å². The first-order valence-corrected chi connectivity index (χ1v) is 4.36. The molecule has 0 saturated carbocycles. The van der Waals surface area contributed by atoms with Gasteiger partial charge in [0.25, 0.3) is 0 Å². The summed E-state index contributed by atoms with van der Waals surface area (Å²) < 4.78 is 0. The lowest BCUT2D eigenvalue weighted by molar-refractivity contribution is 1.05. The van der Waals surface area contributed by atoms with Crippen LogP contribution in [0, 0.1) is 5.92 Å². The smallest absolute Gasteiger partial charge is 0.0588 e. The summed E-state index contributed by atoms with van der Waals surface area (Å²) in [7, 11) is 0. The van der Waals surface area contributed by atoms with Crippen molar-refractivity contribution < 1.29 is 0 Å². The number of rotatable bonds is 5. The van der Waals surface area contributed by atoms with Crippen molar-refractivity contribution in [1.29, 1.82) is 0 Å². The standard InChI is InChI=1S/C12H17N/c1-5-9-11(6-2)10-12(7-3)13-8-4/h5-11H,2-3H2,1,4H3/b9-5-,12-10+,13-8?. The Kier molecular flexibility index (Phi) is 6.52. The molecule has 1 atom stereocenters. The summed E-state index contributed by atoms with van der Waals surface area (Å²) in [5, 5.41) is 0. The van der Waals surface area contributed by atoms with Gasteiger partial charge in [-0.2, -0.15) is 0 Å². The zero-order valence-corrected chi connectivity index (χ0v) is 8.40. The minimum Gasteiger partial charge on any atom is -0.262 e. The second kappa shape index (κ2) is 7.29. The molecule has 0 heterocycles. The maximum absolute atomic E-state index is 4.15. The minimum atomic E-state index is 0.238. The number of hydrogen-bond acceptors (Lipinski definition) is 1. The van der Waals surface area contributed by atoms with Crippen LogP contribution in [-0.4, -0.2) is 6.21 Å². The van der Waals surface area contributed by atoms with Gasteiger partial charge in [0.05, 0.1) is 5.70 Å². The molecule has 1 unspecified atom stereocenters.